The summed E-state index contributed by atoms with van der Waals surface area (Å²) in [6.45, 7) is 2.18. The molecule has 1 aromatic heterocycles. The van der Waals surface area contributed by atoms with Gasteiger partial charge in [-0.05, 0) is 38.0 Å². The lowest BCUT2D eigenvalue weighted by atomic mass is 10.4. The number of aromatic nitrogens is 2. The van der Waals surface area contributed by atoms with E-state index < -0.39 is 0 Å². The molecule has 6 nitrogen and oxygen atoms in total. The number of hydrogen-bond acceptors (Lipinski definition) is 4. The van der Waals surface area contributed by atoms with Crippen LogP contribution in [0.25, 0.3) is 0 Å². The maximum absolute atomic E-state index is 11.7. The van der Waals surface area contributed by atoms with Gasteiger partial charge in [-0.3, -0.25) is 0 Å². The largest absolute Gasteiger partial charge is 0.381 e. The second-order valence-electron chi connectivity index (χ2n) is 5.86. The fourth-order valence-corrected chi connectivity index (χ4v) is 2.04. The van der Waals surface area contributed by atoms with Crippen LogP contribution >= 0.6 is 0 Å². The number of hydrogen-bond donors (Lipinski definition) is 2. The van der Waals surface area contributed by atoms with Crippen LogP contribution in [0.15, 0.2) is 12.4 Å². The van der Waals surface area contributed by atoms with Gasteiger partial charge in [-0.1, -0.05) is 0 Å². The molecule has 1 heterocycles. The molecule has 0 spiro atoms. The summed E-state index contributed by atoms with van der Waals surface area (Å²) in [6.07, 6.45) is 9.13. The average Bonchev–Trinajstić information content (AvgIpc) is 3.37. The molecule has 3 rings (SSSR count). The van der Waals surface area contributed by atoms with Gasteiger partial charge in [0, 0.05) is 25.7 Å². The second-order valence-corrected chi connectivity index (χ2v) is 5.86. The van der Waals surface area contributed by atoms with Crippen LogP contribution in [-0.4, -0.2) is 35.8 Å². The number of carbonyl (C=O) groups excluding carboxylic acids is 1. The number of rotatable bonds is 8. The van der Waals surface area contributed by atoms with Crippen LogP contribution < -0.4 is 10.6 Å². The third kappa shape index (κ3) is 4.97. The van der Waals surface area contributed by atoms with Crippen LogP contribution in [0.3, 0.4) is 0 Å². The first-order valence-corrected chi connectivity index (χ1v) is 7.76. The zero-order valence-electron chi connectivity index (χ0n) is 12.2. The molecule has 0 unspecified atom stereocenters. The van der Waals surface area contributed by atoms with Crippen molar-refractivity contribution in [3.63, 3.8) is 0 Å². The summed E-state index contributed by atoms with van der Waals surface area (Å²) in [5.74, 6) is 2.21. The molecule has 6 heteroatoms. The van der Waals surface area contributed by atoms with Crippen molar-refractivity contribution in [2.24, 2.45) is 5.92 Å². The third-order valence-electron chi connectivity index (χ3n) is 3.67. The number of nitrogens with zero attached hydrogens (tertiary/aromatic N) is 2. The van der Waals surface area contributed by atoms with Crippen molar-refractivity contribution in [1.82, 2.24) is 15.3 Å². The third-order valence-corrected chi connectivity index (χ3v) is 3.67. The Morgan fingerprint density at radius 1 is 1.24 bits per heavy atom. The fourth-order valence-electron chi connectivity index (χ4n) is 2.04. The molecule has 0 aliphatic heterocycles. The van der Waals surface area contributed by atoms with Crippen molar-refractivity contribution in [3.8, 4) is 0 Å². The Morgan fingerprint density at radius 3 is 2.67 bits per heavy atom. The maximum atomic E-state index is 11.7. The predicted molar refractivity (Wildman–Crippen MR) is 79.2 cm³/mol. The van der Waals surface area contributed by atoms with Crippen LogP contribution in [0.5, 0.6) is 0 Å². The molecule has 1 aromatic rings. The van der Waals surface area contributed by atoms with Crippen molar-refractivity contribution in [2.45, 2.75) is 38.0 Å². The molecule has 2 saturated carbocycles. The summed E-state index contributed by atoms with van der Waals surface area (Å²) in [7, 11) is 0. The number of urea groups is 1. The molecular weight excluding hydrogens is 268 g/mol. The Morgan fingerprint density at radius 2 is 2.00 bits per heavy atom. The zero-order chi connectivity index (χ0) is 14.5. The molecule has 0 atom stereocenters. The van der Waals surface area contributed by atoms with Crippen molar-refractivity contribution in [2.75, 3.05) is 25.1 Å². The minimum Gasteiger partial charge on any atom is -0.381 e. The first kappa shape index (κ1) is 14.3. The average molecular weight is 290 g/mol. The van der Waals surface area contributed by atoms with E-state index >= 15 is 0 Å². The summed E-state index contributed by atoms with van der Waals surface area (Å²) < 4.78 is 5.51. The monoisotopic (exact) mass is 290 g/mol. The van der Waals surface area contributed by atoms with Crippen LogP contribution in [0.1, 0.15) is 43.8 Å². The molecule has 114 valence electrons. The van der Waals surface area contributed by atoms with Gasteiger partial charge in [0.2, 0.25) is 0 Å². The molecule has 0 aromatic carbocycles. The Hall–Kier alpha value is -1.69. The zero-order valence-corrected chi connectivity index (χ0v) is 12.2. The van der Waals surface area contributed by atoms with E-state index in [1.54, 1.807) is 12.4 Å². The first-order valence-electron chi connectivity index (χ1n) is 7.76. The van der Waals surface area contributed by atoms with Crippen LogP contribution in [0.4, 0.5) is 10.5 Å². The molecule has 2 N–H and O–H groups in total. The fraction of sp³-hybridized carbons (Fsp3) is 0.667. The Kier molecular flexibility index (Phi) is 4.65. The highest BCUT2D eigenvalue weighted by molar-refractivity contribution is 5.88. The van der Waals surface area contributed by atoms with Crippen LogP contribution in [0.2, 0.25) is 0 Å². The second kappa shape index (κ2) is 6.85. The Labute approximate surface area is 124 Å². The summed E-state index contributed by atoms with van der Waals surface area (Å²) in [5, 5.41) is 5.53. The lowest BCUT2D eigenvalue weighted by Crippen LogP contribution is -2.30. The van der Waals surface area contributed by atoms with Gasteiger partial charge in [-0.2, -0.15) is 0 Å². The van der Waals surface area contributed by atoms with Gasteiger partial charge in [0.25, 0.3) is 0 Å². The smallest absolute Gasteiger partial charge is 0.319 e. The summed E-state index contributed by atoms with van der Waals surface area (Å²) >= 11 is 0. The number of anilines is 1. The van der Waals surface area contributed by atoms with Gasteiger partial charge in [-0.15, -0.1) is 0 Å². The highest BCUT2D eigenvalue weighted by Gasteiger charge is 2.26. The highest BCUT2D eigenvalue weighted by Crippen LogP contribution is 2.37. The quantitative estimate of drug-likeness (QED) is 0.720. The summed E-state index contributed by atoms with van der Waals surface area (Å²) in [6, 6.07) is -0.222. The van der Waals surface area contributed by atoms with Gasteiger partial charge in [0.15, 0.2) is 0 Å². The van der Waals surface area contributed by atoms with E-state index in [1.165, 1.54) is 25.7 Å². The molecule has 21 heavy (non-hydrogen) atoms. The summed E-state index contributed by atoms with van der Waals surface area (Å²) in [4.78, 5) is 20.2. The van der Waals surface area contributed by atoms with E-state index in [-0.39, 0.29) is 6.03 Å². The van der Waals surface area contributed by atoms with Crippen LogP contribution in [-0.2, 0) is 4.74 Å². The maximum Gasteiger partial charge on any atom is 0.319 e. The predicted octanol–water partition coefficient (Wildman–Crippen LogP) is 2.29. The number of amides is 2. The minimum atomic E-state index is -0.222. The minimum absolute atomic E-state index is 0.222. The van der Waals surface area contributed by atoms with Crippen molar-refractivity contribution >= 4 is 11.7 Å². The van der Waals surface area contributed by atoms with Gasteiger partial charge in [-0.25, -0.2) is 14.8 Å². The standard InChI is InChI=1S/C15H22N4O2/c20-15(16-6-1-7-21-10-11-2-3-11)19-13-8-17-14(18-9-13)12-4-5-12/h8-9,11-12H,1-7,10H2,(H2,16,19,20). The Balaban J connectivity index is 1.27. The van der Waals surface area contributed by atoms with E-state index in [0.717, 1.165) is 24.8 Å². The Bertz CT molecular complexity index is 469. The molecule has 2 amide bonds. The first-order chi connectivity index (χ1) is 10.3. The normalized spacial score (nSPS) is 17.5. The van der Waals surface area contributed by atoms with E-state index in [1.807, 2.05) is 0 Å². The molecule has 0 radical (unpaired) electrons. The van der Waals surface area contributed by atoms with Gasteiger partial charge in [0.1, 0.15) is 5.82 Å². The topological polar surface area (TPSA) is 76.1 Å². The number of carbonyl (C=O) groups is 1. The van der Waals surface area contributed by atoms with E-state index in [9.17, 15) is 4.79 Å². The van der Waals surface area contributed by atoms with E-state index in [0.29, 0.717) is 24.8 Å². The SMILES string of the molecule is O=C(NCCCOCC1CC1)Nc1cnc(C2CC2)nc1. The van der Waals surface area contributed by atoms with Crippen molar-refractivity contribution in [1.29, 1.82) is 0 Å². The van der Waals surface area contributed by atoms with E-state index in [2.05, 4.69) is 20.6 Å². The number of ether oxygens (including phenoxy) is 1. The van der Waals surface area contributed by atoms with Crippen molar-refractivity contribution in [3.05, 3.63) is 18.2 Å². The van der Waals surface area contributed by atoms with Crippen LogP contribution in [0, 0.1) is 5.92 Å². The van der Waals surface area contributed by atoms with Gasteiger partial charge < -0.3 is 15.4 Å². The lowest BCUT2D eigenvalue weighted by Gasteiger charge is -2.08. The van der Waals surface area contributed by atoms with E-state index in [4.69, 9.17) is 4.74 Å². The van der Waals surface area contributed by atoms with Gasteiger partial charge in [0.05, 0.1) is 18.1 Å². The molecule has 0 saturated heterocycles. The molecule has 2 aliphatic rings. The summed E-state index contributed by atoms with van der Waals surface area (Å²) in [5.41, 5.74) is 0.627. The molecular formula is C15H22N4O2. The number of nitrogens with one attached hydrogen (secondary N) is 2. The molecule has 2 fully saturated rings. The highest BCUT2D eigenvalue weighted by atomic mass is 16.5. The molecule has 2 aliphatic carbocycles. The van der Waals surface area contributed by atoms with Crippen molar-refractivity contribution < 1.29 is 9.53 Å². The molecule has 0 bridgehead atoms. The van der Waals surface area contributed by atoms with Gasteiger partial charge >= 0.3 is 6.03 Å². The lowest BCUT2D eigenvalue weighted by molar-refractivity contribution is 0.122.